The van der Waals surface area contributed by atoms with E-state index in [4.69, 9.17) is 9.15 Å². The van der Waals surface area contributed by atoms with Crippen LogP contribution in [-0.4, -0.2) is 21.2 Å². The van der Waals surface area contributed by atoms with E-state index in [9.17, 15) is 9.18 Å². The molecule has 1 aromatic carbocycles. The van der Waals surface area contributed by atoms with E-state index in [-0.39, 0.29) is 17.6 Å². The van der Waals surface area contributed by atoms with Gasteiger partial charge in [0.15, 0.2) is 6.10 Å². The second-order valence-electron chi connectivity index (χ2n) is 4.74. The molecule has 0 saturated carbocycles. The maximum absolute atomic E-state index is 12.9. The van der Waals surface area contributed by atoms with Crippen LogP contribution in [0.5, 0.6) is 0 Å². The average molecular weight is 313 g/mol. The first-order valence-corrected chi connectivity index (χ1v) is 6.84. The number of aromatic nitrogens is 3. The van der Waals surface area contributed by atoms with Crippen molar-refractivity contribution in [3.8, 4) is 11.5 Å². The Kier molecular flexibility index (Phi) is 4.09. The smallest absolute Gasteiger partial charge is 0.339 e. The van der Waals surface area contributed by atoms with Gasteiger partial charge in [0.1, 0.15) is 5.82 Å². The van der Waals surface area contributed by atoms with E-state index in [0.717, 1.165) is 0 Å². The summed E-state index contributed by atoms with van der Waals surface area (Å²) in [6, 6.07) is 8.75. The molecule has 0 saturated heterocycles. The zero-order chi connectivity index (χ0) is 16.2. The number of benzene rings is 1. The Hall–Kier alpha value is -3.09. The van der Waals surface area contributed by atoms with Crippen LogP contribution < -0.4 is 0 Å². The first-order valence-electron chi connectivity index (χ1n) is 6.84. The van der Waals surface area contributed by atoms with Crippen LogP contribution in [-0.2, 0) is 4.74 Å². The summed E-state index contributed by atoms with van der Waals surface area (Å²) >= 11 is 0. The molecular formula is C16H12FN3O3. The molecule has 0 spiro atoms. The lowest BCUT2D eigenvalue weighted by atomic mass is 10.2. The Morgan fingerprint density at radius 2 is 1.83 bits per heavy atom. The van der Waals surface area contributed by atoms with Gasteiger partial charge in [0, 0.05) is 18.0 Å². The highest BCUT2D eigenvalue weighted by Gasteiger charge is 2.19. The number of hydrogen-bond acceptors (Lipinski definition) is 6. The van der Waals surface area contributed by atoms with Gasteiger partial charge in [0.2, 0.25) is 5.89 Å². The summed E-state index contributed by atoms with van der Waals surface area (Å²) in [4.78, 5) is 15.8. The molecule has 1 atom stereocenters. The van der Waals surface area contributed by atoms with Crippen molar-refractivity contribution in [3.05, 3.63) is 66.1 Å². The summed E-state index contributed by atoms with van der Waals surface area (Å²) in [7, 11) is 0. The number of pyridine rings is 1. The maximum Gasteiger partial charge on any atom is 0.339 e. The third-order valence-electron chi connectivity index (χ3n) is 3.08. The van der Waals surface area contributed by atoms with Crippen molar-refractivity contribution >= 4 is 5.97 Å². The zero-order valence-corrected chi connectivity index (χ0v) is 12.1. The van der Waals surface area contributed by atoms with Crippen LogP contribution in [0.2, 0.25) is 0 Å². The summed E-state index contributed by atoms with van der Waals surface area (Å²) in [5.74, 6) is -0.479. The normalized spacial score (nSPS) is 11.9. The molecule has 2 heterocycles. The SMILES string of the molecule is C[C@@H](OC(=O)c1ccncc1)c1nnc(-c2ccc(F)cc2)o1. The van der Waals surface area contributed by atoms with Gasteiger partial charge in [-0.15, -0.1) is 10.2 Å². The molecule has 0 bridgehead atoms. The predicted molar refractivity (Wildman–Crippen MR) is 77.8 cm³/mol. The van der Waals surface area contributed by atoms with E-state index in [0.29, 0.717) is 11.1 Å². The van der Waals surface area contributed by atoms with E-state index in [1.807, 2.05) is 0 Å². The molecule has 0 radical (unpaired) electrons. The molecule has 0 fully saturated rings. The van der Waals surface area contributed by atoms with E-state index in [1.54, 1.807) is 19.1 Å². The van der Waals surface area contributed by atoms with Crippen molar-refractivity contribution in [2.24, 2.45) is 0 Å². The van der Waals surface area contributed by atoms with Gasteiger partial charge in [0.05, 0.1) is 5.56 Å². The minimum atomic E-state index is -0.711. The summed E-state index contributed by atoms with van der Waals surface area (Å²) in [5.41, 5.74) is 0.961. The number of esters is 1. The van der Waals surface area contributed by atoms with Gasteiger partial charge in [0.25, 0.3) is 5.89 Å². The molecule has 3 rings (SSSR count). The largest absolute Gasteiger partial charge is 0.449 e. The average Bonchev–Trinajstić information content (AvgIpc) is 3.06. The highest BCUT2D eigenvalue weighted by molar-refractivity contribution is 5.89. The lowest BCUT2D eigenvalue weighted by molar-refractivity contribution is 0.0279. The molecule has 7 heteroatoms. The van der Waals surface area contributed by atoms with Gasteiger partial charge in [-0.1, -0.05) is 0 Å². The molecule has 2 aromatic heterocycles. The Labute approximate surface area is 131 Å². The van der Waals surface area contributed by atoms with Crippen LogP contribution in [0.25, 0.3) is 11.5 Å². The summed E-state index contributed by atoms with van der Waals surface area (Å²) in [6.07, 6.45) is 2.29. The number of rotatable bonds is 4. The summed E-state index contributed by atoms with van der Waals surface area (Å²) in [6.45, 7) is 1.63. The number of ether oxygens (including phenoxy) is 1. The lowest BCUT2D eigenvalue weighted by Gasteiger charge is -2.08. The van der Waals surface area contributed by atoms with Crippen LogP contribution in [0.1, 0.15) is 29.3 Å². The van der Waals surface area contributed by atoms with Crippen molar-refractivity contribution in [1.82, 2.24) is 15.2 Å². The van der Waals surface area contributed by atoms with Crippen LogP contribution >= 0.6 is 0 Å². The van der Waals surface area contributed by atoms with Crippen molar-refractivity contribution in [3.63, 3.8) is 0 Å². The molecule has 0 aliphatic heterocycles. The van der Waals surface area contributed by atoms with Crippen molar-refractivity contribution in [2.45, 2.75) is 13.0 Å². The van der Waals surface area contributed by atoms with Gasteiger partial charge in [-0.2, -0.15) is 0 Å². The topological polar surface area (TPSA) is 78.1 Å². The molecule has 116 valence electrons. The third-order valence-corrected chi connectivity index (χ3v) is 3.08. The molecule has 6 nitrogen and oxygen atoms in total. The third kappa shape index (κ3) is 3.39. The van der Waals surface area contributed by atoms with E-state index in [2.05, 4.69) is 15.2 Å². The minimum absolute atomic E-state index is 0.159. The quantitative estimate of drug-likeness (QED) is 0.688. The van der Waals surface area contributed by atoms with Gasteiger partial charge in [-0.25, -0.2) is 9.18 Å². The van der Waals surface area contributed by atoms with Crippen LogP contribution in [0.15, 0.2) is 53.2 Å². The highest BCUT2D eigenvalue weighted by Crippen LogP contribution is 2.23. The standard InChI is InChI=1S/C16H12FN3O3/c1-10(22-16(21)12-6-8-18-9-7-12)14-19-20-15(23-14)11-2-4-13(17)5-3-11/h2-10H,1H3/t10-/m1/s1. The number of carbonyl (C=O) groups is 1. The number of halogens is 1. The Balaban J connectivity index is 1.72. The van der Waals surface area contributed by atoms with Crippen molar-refractivity contribution in [2.75, 3.05) is 0 Å². The predicted octanol–water partition coefficient (Wildman–Crippen LogP) is 3.19. The van der Waals surface area contributed by atoms with E-state index in [1.165, 1.54) is 36.7 Å². The van der Waals surface area contributed by atoms with Gasteiger partial charge >= 0.3 is 5.97 Å². The highest BCUT2D eigenvalue weighted by atomic mass is 19.1. The molecule has 3 aromatic rings. The van der Waals surface area contributed by atoms with Gasteiger partial charge in [-0.3, -0.25) is 4.98 Å². The first kappa shape index (κ1) is 14.8. The fourth-order valence-corrected chi connectivity index (χ4v) is 1.87. The van der Waals surface area contributed by atoms with Crippen molar-refractivity contribution < 1.29 is 18.3 Å². The fraction of sp³-hybridized carbons (Fsp3) is 0.125. The molecule has 0 aliphatic rings. The lowest BCUT2D eigenvalue weighted by Crippen LogP contribution is -2.09. The van der Waals surface area contributed by atoms with Crippen LogP contribution in [0.3, 0.4) is 0 Å². The maximum atomic E-state index is 12.9. The molecular weight excluding hydrogens is 301 g/mol. The van der Waals surface area contributed by atoms with E-state index >= 15 is 0 Å². The second kappa shape index (κ2) is 6.35. The summed E-state index contributed by atoms with van der Waals surface area (Å²) in [5, 5.41) is 7.74. The number of nitrogens with zero attached hydrogens (tertiary/aromatic N) is 3. The van der Waals surface area contributed by atoms with Crippen LogP contribution in [0, 0.1) is 5.82 Å². The number of carbonyl (C=O) groups excluding carboxylic acids is 1. The second-order valence-corrected chi connectivity index (χ2v) is 4.74. The van der Waals surface area contributed by atoms with Gasteiger partial charge < -0.3 is 9.15 Å². The van der Waals surface area contributed by atoms with Crippen molar-refractivity contribution in [1.29, 1.82) is 0 Å². The molecule has 0 amide bonds. The summed E-state index contributed by atoms with van der Waals surface area (Å²) < 4.78 is 23.7. The Morgan fingerprint density at radius 3 is 2.52 bits per heavy atom. The molecule has 0 unspecified atom stereocenters. The van der Waals surface area contributed by atoms with Gasteiger partial charge in [-0.05, 0) is 43.3 Å². The minimum Gasteiger partial charge on any atom is -0.449 e. The number of hydrogen-bond donors (Lipinski definition) is 0. The Bertz CT molecular complexity index is 803. The molecule has 0 aliphatic carbocycles. The molecule has 0 N–H and O–H groups in total. The first-order chi connectivity index (χ1) is 11.1. The molecule has 23 heavy (non-hydrogen) atoms. The zero-order valence-electron chi connectivity index (χ0n) is 12.1. The van der Waals surface area contributed by atoms with Crippen LogP contribution in [0.4, 0.5) is 4.39 Å². The van der Waals surface area contributed by atoms with E-state index < -0.39 is 12.1 Å². The fourth-order valence-electron chi connectivity index (χ4n) is 1.87. The Morgan fingerprint density at radius 1 is 1.13 bits per heavy atom. The monoisotopic (exact) mass is 313 g/mol.